The Labute approximate surface area is 110 Å². The molecular formula is C10H6F2N2O2S2. The maximum absolute atomic E-state index is 13.3. The van der Waals surface area contributed by atoms with Crippen molar-refractivity contribution in [2.75, 3.05) is 5.75 Å². The summed E-state index contributed by atoms with van der Waals surface area (Å²) >= 11 is 5.88. The van der Waals surface area contributed by atoms with Gasteiger partial charge in [0, 0.05) is 0 Å². The third-order valence-corrected chi connectivity index (χ3v) is 3.51. The number of carbonyl (C=O) groups is 2. The van der Waals surface area contributed by atoms with Crippen LogP contribution in [0.3, 0.4) is 0 Å². The number of thiocarbonyl (C=S) groups is 1. The maximum atomic E-state index is 13.3. The summed E-state index contributed by atoms with van der Waals surface area (Å²) in [6.45, 7) is 0. The highest BCUT2D eigenvalue weighted by Gasteiger charge is 2.30. The molecule has 0 radical (unpaired) electrons. The highest BCUT2D eigenvalue weighted by Crippen LogP contribution is 2.18. The van der Waals surface area contributed by atoms with Crippen molar-refractivity contribution in [3.05, 3.63) is 35.4 Å². The van der Waals surface area contributed by atoms with Gasteiger partial charge in [-0.15, -0.1) is 0 Å². The van der Waals surface area contributed by atoms with Gasteiger partial charge in [0.2, 0.25) is 0 Å². The summed E-state index contributed by atoms with van der Waals surface area (Å²) in [7, 11) is 0. The smallest absolute Gasteiger partial charge is 0.272 e. The van der Waals surface area contributed by atoms with E-state index in [2.05, 4.69) is 5.43 Å². The van der Waals surface area contributed by atoms with Crippen LogP contribution >= 0.6 is 24.0 Å². The van der Waals surface area contributed by atoms with E-state index in [9.17, 15) is 18.4 Å². The van der Waals surface area contributed by atoms with Gasteiger partial charge in [0.05, 0.1) is 5.75 Å². The molecule has 94 valence electrons. The first-order valence-corrected chi connectivity index (χ1v) is 6.15. The molecule has 0 atom stereocenters. The minimum Gasteiger partial charge on any atom is -0.272 e. The molecule has 2 amide bonds. The lowest BCUT2D eigenvalue weighted by Crippen LogP contribution is -2.45. The van der Waals surface area contributed by atoms with Crippen LogP contribution < -0.4 is 5.43 Å². The number of hydrazine groups is 1. The van der Waals surface area contributed by atoms with Crippen LogP contribution in [0.25, 0.3) is 0 Å². The molecule has 4 nitrogen and oxygen atoms in total. The summed E-state index contributed by atoms with van der Waals surface area (Å²) < 4.78 is 26.8. The van der Waals surface area contributed by atoms with Gasteiger partial charge in [-0.25, -0.2) is 13.8 Å². The monoisotopic (exact) mass is 288 g/mol. The largest absolute Gasteiger partial charge is 0.276 e. The van der Waals surface area contributed by atoms with E-state index in [1.54, 1.807) is 0 Å². The van der Waals surface area contributed by atoms with Gasteiger partial charge in [-0.1, -0.05) is 30.0 Å². The Hall–Kier alpha value is -1.54. The Bertz CT molecular complexity index is 514. The minimum atomic E-state index is -1.05. The third-order valence-electron chi connectivity index (χ3n) is 2.15. The number of amides is 2. The van der Waals surface area contributed by atoms with Gasteiger partial charge in [0.25, 0.3) is 11.8 Å². The fourth-order valence-corrected chi connectivity index (χ4v) is 2.31. The molecule has 18 heavy (non-hydrogen) atoms. The summed E-state index contributed by atoms with van der Waals surface area (Å²) in [6.07, 6.45) is 0. The van der Waals surface area contributed by atoms with E-state index in [1.807, 2.05) is 0 Å². The molecular weight excluding hydrogens is 282 g/mol. The van der Waals surface area contributed by atoms with Gasteiger partial charge in [0.15, 0.2) is 4.32 Å². The zero-order valence-corrected chi connectivity index (χ0v) is 10.4. The molecule has 0 spiro atoms. The zero-order valence-electron chi connectivity index (χ0n) is 8.78. The second-order valence-corrected chi connectivity index (χ2v) is 4.93. The van der Waals surface area contributed by atoms with E-state index in [4.69, 9.17) is 12.2 Å². The van der Waals surface area contributed by atoms with Gasteiger partial charge >= 0.3 is 0 Å². The predicted molar refractivity (Wildman–Crippen MR) is 65.7 cm³/mol. The van der Waals surface area contributed by atoms with Crippen LogP contribution in [0.1, 0.15) is 10.4 Å². The molecule has 1 aromatic carbocycles. The molecule has 1 aliphatic rings. The zero-order chi connectivity index (χ0) is 13.3. The number of hydrogen-bond donors (Lipinski definition) is 1. The van der Waals surface area contributed by atoms with Crippen molar-refractivity contribution in [3.8, 4) is 0 Å². The Morgan fingerprint density at radius 3 is 2.50 bits per heavy atom. The molecule has 0 aliphatic carbocycles. The van der Waals surface area contributed by atoms with E-state index >= 15 is 0 Å². The van der Waals surface area contributed by atoms with Gasteiger partial charge in [-0.2, -0.15) is 0 Å². The summed E-state index contributed by atoms with van der Waals surface area (Å²) in [5.41, 5.74) is 1.33. The van der Waals surface area contributed by atoms with E-state index in [1.165, 1.54) is 0 Å². The van der Waals surface area contributed by atoms with Crippen molar-refractivity contribution in [2.45, 2.75) is 0 Å². The number of halogens is 2. The molecule has 2 rings (SSSR count). The lowest BCUT2D eigenvalue weighted by atomic mass is 10.2. The van der Waals surface area contributed by atoms with E-state index in [0.29, 0.717) is 0 Å². The first kappa shape index (κ1) is 12.9. The number of thioether (sulfide) groups is 1. The van der Waals surface area contributed by atoms with Crippen LogP contribution in [-0.2, 0) is 4.79 Å². The summed E-state index contributed by atoms with van der Waals surface area (Å²) in [5, 5.41) is 0.814. The maximum Gasteiger partial charge on any atom is 0.276 e. The summed E-state index contributed by atoms with van der Waals surface area (Å²) in [5.74, 6) is -3.40. The average Bonchev–Trinajstić information content (AvgIpc) is 2.60. The molecule has 1 saturated heterocycles. The predicted octanol–water partition coefficient (Wildman–Crippen LogP) is 1.47. The standard InChI is InChI=1S/C10H6F2N2O2S2/c11-5-2-1-3-6(12)8(5)9(16)13-14-7(15)4-18-10(14)17/h1-3H,4H2,(H,13,16). The molecule has 1 aromatic rings. The molecule has 0 aromatic heterocycles. The Morgan fingerprint density at radius 2 is 2.00 bits per heavy atom. The van der Waals surface area contributed by atoms with E-state index in [-0.39, 0.29) is 10.1 Å². The SMILES string of the molecule is O=C(NN1C(=O)CSC1=S)c1c(F)cccc1F. The summed E-state index contributed by atoms with van der Waals surface area (Å²) in [4.78, 5) is 23.0. The number of benzene rings is 1. The Balaban J connectivity index is 2.23. The fraction of sp³-hybridized carbons (Fsp3) is 0.100. The topological polar surface area (TPSA) is 49.4 Å². The van der Waals surface area contributed by atoms with E-state index in [0.717, 1.165) is 35.0 Å². The third kappa shape index (κ3) is 2.34. The van der Waals surface area contributed by atoms with Crippen LogP contribution in [0.15, 0.2) is 18.2 Å². The molecule has 8 heteroatoms. The van der Waals surface area contributed by atoms with Crippen LogP contribution in [0, 0.1) is 11.6 Å². The lowest BCUT2D eigenvalue weighted by molar-refractivity contribution is -0.125. The van der Waals surface area contributed by atoms with Gasteiger partial charge in [-0.05, 0) is 12.1 Å². The quantitative estimate of drug-likeness (QED) is 0.837. The normalized spacial score (nSPS) is 15.1. The fourth-order valence-electron chi connectivity index (χ4n) is 1.33. The number of nitrogens with zero attached hydrogens (tertiary/aromatic N) is 1. The van der Waals surface area contributed by atoms with Gasteiger partial charge in [0.1, 0.15) is 17.2 Å². The molecule has 0 unspecified atom stereocenters. The van der Waals surface area contributed by atoms with Gasteiger partial charge < -0.3 is 0 Å². The lowest BCUT2D eigenvalue weighted by Gasteiger charge is -2.16. The molecule has 0 bridgehead atoms. The molecule has 0 saturated carbocycles. The molecule has 1 N–H and O–H groups in total. The van der Waals surface area contributed by atoms with Crippen molar-refractivity contribution < 1.29 is 18.4 Å². The Kier molecular flexibility index (Phi) is 3.58. The number of carbonyl (C=O) groups excluding carboxylic acids is 2. The van der Waals surface area contributed by atoms with Crippen molar-refractivity contribution in [1.82, 2.24) is 10.4 Å². The van der Waals surface area contributed by atoms with E-state index < -0.39 is 29.0 Å². The van der Waals surface area contributed by atoms with Crippen LogP contribution in [0.5, 0.6) is 0 Å². The first-order valence-electron chi connectivity index (χ1n) is 4.75. The number of rotatable bonds is 2. The molecule has 1 aliphatic heterocycles. The van der Waals surface area contributed by atoms with Crippen molar-refractivity contribution in [3.63, 3.8) is 0 Å². The summed E-state index contributed by atoms with van der Waals surface area (Å²) in [6, 6.07) is 3.05. The highest BCUT2D eigenvalue weighted by atomic mass is 32.2. The van der Waals surface area contributed by atoms with Crippen LogP contribution in [0.2, 0.25) is 0 Å². The molecule has 1 fully saturated rings. The van der Waals surface area contributed by atoms with Crippen molar-refractivity contribution >= 4 is 40.1 Å². The number of nitrogens with one attached hydrogen (secondary N) is 1. The minimum absolute atomic E-state index is 0.0961. The second-order valence-electron chi connectivity index (χ2n) is 3.32. The Morgan fingerprint density at radius 1 is 1.39 bits per heavy atom. The first-order chi connectivity index (χ1) is 8.50. The average molecular weight is 288 g/mol. The second kappa shape index (κ2) is 4.99. The number of hydrogen-bond acceptors (Lipinski definition) is 4. The molecule has 1 heterocycles. The van der Waals surface area contributed by atoms with Crippen molar-refractivity contribution in [1.29, 1.82) is 0 Å². The van der Waals surface area contributed by atoms with Crippen LogP contribution in [0.4, 0.5) is 8.78 Å². The van der Waals surface area contributed by atoms with Crippen LogP contribution in [-0.4, -0.2) is 26.9 Å². The highest BCUT2D eigenvalue weighted by molar-refractivity contribution is 8.23. The van der Waals surface area contributed by atoms with Crippen molar-refractivity contribution in [2.24, 2.45) is 0 Å². The van der Waals surface area contributed by atoms with Gasteiger partial charge in [-0.3, -0.25) is 15.0 Å².